The van der Waals surface area contributed by atoms with Crippen molar-refractivity contribution >= 4 is 28.9 Å². The van der Waals surface area contributed by atoms with Gasteiger partial charge in [0, 0.05) is 36.9 Å². The molecule has 1 atom stereocenters. The van der Waals surface area contributed by atoms with E-state index in [0.717, 1.165) is 5.56 Å². The number of rotatable bonds is 5. The molecule has 0 saturated heterocycles. The molecule has 0 spiro atoms. The Morgan fingerprint density at radius 1 is 1.21 bits per heavy atom. The largest absolute Gasteiger partial charge is 0.377 e. The van der Waals surface area contributed by atoms with E-state index < -0.39 is 4.92 Å². The van der Waals surface area contributed by atoms with Crippen LogP contribution in [0.4, 0.5) is 11.4 Å². The Kier molecular flexibility index (Phi) is 5.41. The molecule has 0 saturated carbocycles. The van der Waals surface area contributed by atoms with Crippen LogP contribution in [0.15, 0.2) is 42.5 Å². The van der Waals surface area contributed by atoms with Crippen molar-refractivity contribution in [3.8, 4) is 0 Å². The predicted octanol–water partition coefficient (Wildman–Crippen LogP) is 3.81. The molecule has 0 aromatic heterocycles. The molecule has 6 nitrogen and oxygen atoms in total. The molecule has 0 radical (unpaired) electrons. The van der Waals surface area contributed by atoms with Crippen LogP contribution < -0.4 is 10.2 Å². The van der Waals surface area contributed by atoms with Crippen LogP contribution in [-0.2, 0) is 0 Å². The van der Waals surface area contributed by atoms with E-state index in [1.54, 1.807) is 37.2 Å². The third kappa shape index (κ3) is 4.02. The second-order valence-electron chi connectivity index (χ2n) is 5.60. The lowest BCUT2D eigenvalue weighted by Crippen LogP contribution is -2.28. The van der Waals surface area contributed by atoms with Gasteiger partial charge in [0.05, 0.1) is 16.5 Å². The van der Waals surface area contributed by atoms with E-state index in [4.69, 9.17) is 11.6 Å². The molecule has 24 heavy (non-hydrogen) atoms. The van der Waals surface area contributed by atoms with Gasteiger partial charge in [-0.05, 0) is 30.7 Å². The first-order valence-corrected chi connectivity index (χ1v) is 7.69. The van der Waals surface area contributed by atoms with Gasteiger partial charge in [0.2, 0.25) is 0 Å². The SMILES string of the molecule is CC(NC(=O)c1cc([N+](=O)[O-])ccc1N(C)C)c1ccc(Cl)cc1. The first kappa shape index (κ1) is 17.7. The minimum atomic E-state index is -0.515. The number of nitrogens with zero attached hydrogens (tertiary/aromatic N) is 2. The molecular weight excluding hydrogens is 330 g/mol. The second kappa shape index (κ2) is 7.31. The van der Waals surface area contributed by atoms with E-state index in [9.17, 15) is 14.9 Å². The third-order valence-corrected chi connectivity index (χ3v) is 3.89. The Balaban J connectivity index is 2.29. The average molecular weight is 348 g/mol. The normalized spacial score (nSPS) is 11.7. The first-order chi connectivity index (χ1) is 11.3. The fraction of sp³-hybridized carbons (Fsp3) is 0.235. The molecular formula is C17H18ClN3O3. The maximum absolute atomic E-state index is 12.6. The lowest BCUT2D eigenvalue weighted by Gasteiger charge is -2.19. The zero-order valence-electron chi connectivity index (χ0n) is 13.6. The molecule has 0 bridgehead atoms. The van der Waals surface area contributed by atoms with Crippen LogP contribution in [0.25, 0.3) is 0 Å². The van der Waals surface area contributed by atoms with Gasteiger partial charge in [0.15, 0.2) is 0 Å². The van der Waals surface area contributed by atoms with Gasteiger partial charge in [-0.15, -0.1) is 0 Å². The average Bonchev–Trinajstić information content (AvgIpc) is 2.54. The molecule has 2 aromatic carbocycles. The number of benzene rings is 2. The summed E-state index contributed by atoms with van der Waals surface area (Å²) >= 11 is 5.86. The number of carbonyl (C=O) groups excluding carboxylic acids is 1. The Labute approximate surface area is 145 Å². The molecule has 1 unspecified atom stereocenters. The molecule has 2 aromatic rings. The van der Waals surface area contributed by atoms with Crippen LogP contribution in [0.1, 0.15) is 28.9 Å². The topological polar surface area (TPSA) is 75.5 Å². The number of anilines is 1. The van der Waals surface area contributed by atoms with Gasteiger partial charge < -0.3 is 10.2 Å². The van der Waals surface area contributed by atoms with Gasteiger partial charge in [-0.1, -0.05) is 23.7 Å². The van der Waals surface area contributed by atoms with Gasteiger partial charge in [0.1, 0.15) is 0 Å². The summed E-state index contributed by atoms with van der Waals surface area (Å²) in [7, 11) is 3.56. The van der Waals surface area contributed by atoms with Gasteiger partial charge in [-0.25, -0.2) is 0 Å². The highest BCUT2D eigenvalue weighted by atomic mass is 35.5. The van der Waals surface area contributed by atoms with Crippen molar-refractivity contribution in [3.63, 3.8) is 0 Å². The molecule has 126 valence electrons. The molecule has 0 aliphatic heterocycles. The molecule has 0 aliphatic carbocycles. The van der Waals surface area contributed by atoms with Crippen LogP contribution in [0.5, 0.6) is 0 Å². The smallest absolute Gasteiger partial charge is 0.270 e. The Morgan fingerprint density at radius 2 is 1.83 bits per heavy atom. The Morgan fingerprint density at radius 3 is 2.38 bits per heavy atom. The number of carbonyl (C=O) groups is 1. The summed E-state index contributed by atoms with van der Waals surface area (Å²) < 4.78 is 0. The fourth-order valence-corrected chi connectivity index (χ4v) is 2.44. The number of nitrogens with one attached hydrogen (secondary N) is 1. The molecule has 2 rings (SSSR count). The van der Waals surface area contributed by atoms with Crippen molar-refractivity contribution in [2.24, 2.45) is 0 Å². The van der Waals surface area contributed by atoms with Gasteiger partial charge in [0.25, 0.3) is 11.6 Å². The number of hydrogen-bond acceptors (Lipinski definition) is 4. The van der Waals surface area contributed by atoms with Crippen molar-refractivity contribution < 1.29 is 9.72 Å². The minimum Gasteiger partial charge on any atom is -0.377 e. The number of amides is 1. The summed E-state index contributed by atoms with van der Waals surface area (Å²) in [6.45, 7) is 1.84. The van der Waals surface area contributed by atoms with E-state index in [2.05, 4.69) is 5.32 Å². The minimum absolute atomic E-state index is 0.120. The van der Waals surface area contributed by atoms with Crippen LogP contribution in [-0.4, -0.2) is 24.9 Å². The zero-order valence-corrected chi connectivity index (χ0v) is 14.4. The van der Waals surface area contributed by atoms with Crippen LogP contribution in [0, 0.1) is 10.1 Å². The molecule has 0 heterocycles. The highest BCUT2D eigenvalue weighted by molar-refractivity contribution is 6.30. The van der Waals surface area contributed by atoms with Gasteiger partial charge in [-0.3, -0.25) is 14.9 Å². The van der Waals surface area contributed by atoms with E-state index in [0.29, 0.717) is 10.7 Å². The maximum Gasteiger partial charge on any atom is 0.270 e. The van der Waals surface area contributed by atoms with Crippen molar-refractivity contribution in [3.05, 3.63) is 68.7 Å². The number of hydrogen-bond donors (Lipinski definition) is 1. The van der Waals surface area contributed by atoms with Gasteiger partial charge in [-0.2, -0.15) is 0 Å². The lowest BCUT2D eigenvalue weighted by molar-refractivity contribution is -0.384. The maximum atomic E-state index is 12.6. The van der Waals surface area contributed by atoms with E-state index in [1.807, 2.05) is 19.1 Å². The van der Waals surface area contributed by atoms with Crippen LogP contribution in [0.3, 0.4) is 0 Å². The van der Waals surface area contributed by atoms with Crippen molar-refractivity contribution in [1.29, 1.82) is 0 Å². The Hall–Kier alpha value is -2.60. The fourth-order valence-electron chi connectivity index (χ4n) is 2.32. The van der Waals surface area contributed by atoms with E-state index >= 15 is 0 Å². The van der Waals surface area contributed by atoms with Crippen LogP contribution in [0.2, 0.25) is 5.02 Å². The summed E-state index contributed by atoms with van der Waals surface area (Å²) in [5.74, 6) is -0.371. The van der Waals surface area contributed by atoms with E-state index in [-0.39, 0.29) is 23.2 Å². The summed E-state index contributed by atoms with van der Waals surface area (Å²) in [5, 5.41) is 14.5. The van der Waals surface area contributed by atoms with E-state index in [1.165, 1.54) is 12.1 Å². The summed E-state index contributed by atoms with van der Waals surface area (Å²) in [5.41, 5.74) is 1.64. The van der Waals surface area contributed by atoms with Crippen molar-refractivity contribution in [2.45, 2.75) is 13.0 Å². The molecule has 1 N–H and O–H groups in total. The second-order valence-corrected chi connectivity index (χ2v) is 6.04. The third-order valence-electron chi connectivity index (χ3n) is 3.63. The van der Waals surface area contributed by atoms with Gasteiger partial charge >= 0.3 is 0 Å². The quantitative estimate of drug-likeness (QED) is 0.659. The summed E-state index contributed by atoms with van der Waals surface area (Å²) in [6.07, 6.45) is 0. The number of non-ortho nitro benzene ring substituents is 1. The molecule has 0 aliphatic rings. The number of halogens is 1. The standard InChI is InChI=1S/C17H18ClN3O3/c1-11(12-4-6-13(18)7-5-12)19-17(22)15-10-14(21(23)24)8-9-16(15)20(2)3/h4-11H,1-3H3,(H,19,22). The monoisotopic (exact) mass is 347 g/mol. The highest BCUT2D eigenvalue weighted by Gasteiger charge is 2.19. The lowest BCUT2D eigenvalue weighted by atomic mass is 10.1. The van der Waals surface area contributed by atoms with Crippen molar-refractivity contribution in [2.75, 3.05) is 19.0 Å². The molecule has 0 fully saturated rings. The van der Waals surface area contributed by atoms with Crippen molar-refractivity contribution in [1.82, 2.24) is 5.32 Å². The molecule has 1 amide bonds. The Bertz CT molecular complexity index is 760. The highest BCUT2D eigenvalue weighted by Crippen LogP contribution is 2.25. The summed E-state index contributed by atoms with van der Waals surface area (Å²) in [6, 6.07) is 11.1. The predicted molar refractivity (Wildman–Crippen MR) is 94.8 cm³/mol. The number of nitro benzene ring substituents is 1. The van der Waals surface area contributed by atoms with Crippen LogP contribution >= 0.6 is 11.6 Å². The number of nitro groups is 1. The zero-order chi connectivity index (χ0) is 17.9. The summed E-state index contributed by atoms with van der Waals surface area (Å²) in [4.78, 5) is 24.8. The first-order valence-electron chi connectivity index (χ1n) is 7.31. The molecule has 7 heteroatoms.